The molecule has 0 atom stereocenters. The summed E-state index contributed by atoms with van der Waals surface area (Å²) in [4.78, 5) is 30.4. The van der Waals surface area contributed by atoms with Gasteiger partial charge in [0, 0.05) is 45.1 Å². The Kier molecular flexibility index (Phi) is 4.46. The molecule has 102 valence electrons. The largest absolute Gasteiger partial charge is 0.481 e. The van der Waals surface area contributed by atoms with Crippen LogP contribution < -0.4 is 0 Å². The third-order valence-electron chi connectivity index (χ3n) is 3.21. The van der Waals surface area contributed by atoms with E-state index in [-0.39, 0.29) is 12.3 Å². The van der Waals surface area contributed by atoms with Crippen LogP contribution in [0.5, 0.6) is 0 Å². The summed E-state index contributed by atoms with van der Waals surface area (Å²) in [6.07, 6.45) is 3.36. The lowest BCUT2D eigenvalue weighted by molar-refractivity contribution is -0.137. The topological polar surface area (TPSA) is 73.7 Å². The van der Waals surface area contributed by atoms with E-state index >= 15 is 0 Å². The summed E-state index contributed by atoms with van der Waals surface area (Å²) in [6, 6.07) is 3.50. The second kappa shape index (κ2) is 6.29. The fraction of sp³-hybridized carbons (Fsp3) is 0.462. The van der Waals surface area contributed by atoms with Crippen LogP contribution in [0, 0.1) is 0 Å². The predicted molar refractivity (Wildman–Crippen MR) is 68.8 cm³/mol. The zero-order valence-corrected chi connectivity index (χ0v) is 10.7. The minimum absolute atomic E-state index is 0.00835. The number of aromatic nitrogens is 1. The highest BCUT2D eigenvalue weighted by atomic mass is 16.4. The summed E-state index contributed by atoms with van der Waals surface area (Å²) in [7, 11) is 0. The van der Waals surface area contributed by atoms with E-state index in [0.717, 1.165) is 13.1 Å². The van der Waals surface area contributed by atoms with Gasteiger partial charge < -0.3 is 10.0 Å². The van der Waals surface area contributed by atoms with Gasteiger partial charge in [0.15, 0.2) is 0 Å². The minimum Gasteiger partial charge on any atom is -0.481 e. The van der Waals surface area contributed by atoms with E-state index in [4.69, 9.17) is 5.11 Å². The number of hydrogen-bond donors (Lipinski definition) is 1. The molecule has 0 spiro atoms. The normalized spacial score (nSPS) is 16.3. The van der Waals surface area contributed by atoms with Crippen LogP contribution in [0.4, 0.5) is 0 Å². The van der Waals surface area contributed by atoms with Gasteiger partial charge in [0.2, 0.25) is 0 Å². The van der Waals surface area contributed by atoms with E-state index in [1.807, 2.05) is 0 Å². The number of amides is 1. The van der Waals surface area contributed by atoms with Crippen LogP contribution in [0.25, 0.3) is 0 Å². The van der Waals surface area contributed by atoms with Crippen LogP contribution in [0.3, 0.4) is 0 Å². The SMILES string of the molecule is O=C(O)CCN1CCN(C(=O)c2cccnc2)CC1. The molecule has 6 nitrogen and oxygen atoms in total. The zero-order chi connectivity index (χ0) is 13.7. The number of hydrogen-bond acceptors (Lipinski definition) is 4. The summed E-state index contributed by atoms with van der Waals surface area (Å²) in [5.74, 6) is -0.792. The Labute approximate surface area is 111 Å². The van der Waals surface area contributed by atoms with E-state index in [0.29, 0.717) is 25.2 Å². The number of carboxylic acid groups (broad SMARTS) is 1. The molecule has 0 bridgehead atoms. The van der Waals surface area contributed by atoms with Crippen LogP contribution in [0.2, 0.25) is 0 Å². The lowest BCUT2D eigenvalue weighted by Crippen LogP contribution is -2.49. The molecule has 19 heavy (non-hydrogen) atoms. The van der Waals surface area contributed by atoms with E-state index in [2.05, 4.69) is 9.88 Å². The molecule has 0 aliphatic carbocycles. The van der Waals surface area contributed by atoms with E-state index in [1.54, 1.807) is 29.4 Å². The first-order valence-electron chi connectivity index (χ1n) is 6.30. The molecule has 0 aromatic carbocycles. The van der Waals surface area contributed by atoms with Crippen molar-refractivity contribution in [1.29, 1.82) is 0 Å². The quantitative estimate of drug-likeness (QED) is 0.846. The smallest absolute Gasteiger partial charge is 0.304 e. The molecule has 2 rings (SSSR count). The maximum Gasteiger partial charge on any atom is 0.304 e. The third-order valence-corrected chi connectivity index (χ3v) is 3.21. The molecule has 1 aliphatic rings. The molecule has 1 aromatic rings. The van der Waals surface area contributed by atoms with E-state index in [1.165, 1.54) is 0 Å². The van der Waals surface area contributed by atoms with Crippen molar-refractivity contribution in [3.8, 4) is 0 Å². The van der Waals surface area contributed by atoms with Crippen molar-refractivity contribution in [1.82, 2.24) is 14.8 Å². The van der Waals surface area contributed by atoms with Gasteiger partial charge >= 0.3 is 5.97 Å². The van der Waals surface area contributed by atoms with Crippen molar-refractivity contribution < 1.29 is 14.7 Å². The maximum atomic E-state index is 12.1. The first kappa shape index (κ1) is 13.5. The number of carboxylic acids is 1. The molecular formula is C13H17N3O3. The van der Waals surface area contributed by atoms with Gasteiger partial charge in [-0.1, -0.05) is 0 Å². The molecule has 1 amide bonds. The van der Waals surface area contributed by atoms with Crippen molar-refractivity contribution in [2.75, 3.05) is 32.7 Å². The lowest BCUT2D eigenvalue weighted by atomic mass is 10.2. The van der Waals surface area contributed by atoms with Crippen LogP contribution in [-0.4, -0.2) is 64.5 Å². The molecule has 2 heterocycles. The molecule has 1 N–H and O–H groups in total. The van der Waals surface area contributed by atoms with Gasteiger partial charge in [-0.05, 0) is 12.1 Å². The number of aliphatic carboxylic acids is 1. The highest BCUT2D eigenvalue weighted by Crippen LogP contribution is 2.08. The average molecular weight is 263 g/mol. The highest BCUT2D eigenvalue weighted by Gasteiger charge is 2.22. The molecule has 0 saturated carbocycles. The molecule has 6 heteroatoms. The molecule has 0 radical (unpaired) electrons. The lowest BCUT2D eigenvalue weighted by Gasteiger charge is -2.34. The third kappa shape index (κ3) is 3.75. The van der Waals surface area contributed by atoms with Gasteiger partial charge in [0.25, 0.3) is 5.91 Å². The first-order chi connectivity index (χ1) is 9.16. The fourth-order valence-electron chi connectivity index (χ4n) is 2.10. The summed E-state index contributed by atoms with van der Waals surface area (Å²) < 4.78 is 0. The molecule has 1 aromatic heterocycles. The number of carbonyl (C=O) groups excluding carboxylic acids is 1. The summed E-state index contributed by atoms with van der Waals surface area (Å²) in [5, 5.41) is 8.63. The minimum atomic E-state index is -0.783. The van der Waals surface area contributed by atoms with Crippen molar-refractivity contribution in [3.05, 3.63) is 30.1 Å². The van der Waals surface area contributed by atoms with Gasteiger partial charge in [0.05, 0.1) is 12.0 Å². The fourth-order valence-corrected chi connectivity index (χ4v) is 2.10. The number of piperazine rings is 1. The molecule has 1 fully saturated rings. The van der Waals surface area contributed by atoms with Crippen molar-refractivity contribution in [3.63, 3.8) is 0 Å². The summed E-state index contributed by atoms with van der Waals surface area (Å²) in [6.45, 7) is 3.25. The van der Waals surface area contributed by atoms with Gasteiger partial charge in [-0.2, -0.15) is 0 Å². The highest BCUT2D eigenvalue weighted by molar-refractivity contribution is 5.93. The zero-order valence-electron chi connectivity index (χ0n) is 10.7. The molecular weight excluding hydrogens is 246 g/mol. The van der Waals surface area contributed by atoms with Crippen LogP contribution in [0.15, 0.2) is 24.5 Å². The number of rotatable bonds is 4. The van der Waals surface area contributed by atoms with Crippen LogP contribution >= 0.6 is 0 Å². The first-order valence-corrected chi connectivity index (χ1v) is 6.30. The number of carbonyl (C=O) groups is 2. The second-order valence-corrected chi connectivity index (χ2v) is 4.52. The van der Waals surface area contributed by atoms with Crippen molar-refractivity contribution in [2.24, 2.45) is 0 Å². The van der Waals surface area contributed by atoms with Gasteiger partial charge in [0.1, 0.15) is 0 Å². The number of nitrogens with zero attached hydrogens (tertiary/aromatic N) is 3. The van der Waals surface area contributed by atoms with Crippen LogP contribution in [0.1, 0.15) is 16.8 Å². The average Bonchev–Trinajstić information content (AvgIpc) is 2.46. The van der Waals surface area contributed by atoms with Gasteiger partial charge in [-0.15, -0.1) is 0 Å². The Morgan fingerprint density at radius 2 is 2.00 bits per heavy atom. The Morgan fingerprint density at radius 1 is 1.26 bits per heavy atom. The van der Waals surface area contributed by atoms with Crippen LogP contribution in [-0.2, 0) is 4.79 Å². The van der Waals surface area contributed by atoms with Gasteiger partial charge in [-0.25, -0.2) is 0 Å². The molecule has 1 saturated heterocycles. The predicted octanol–water partition coefficient (Wildman–Crippen LogP) is 0.314. The van der Waals surface area contributed by atoms with Crippen molar-refractivity contribution >= 4 is 11.9 Å². The van der Waals surface area contributed by atoms with Gasteiger partial charge in [-0.3, -0.25) is 19.5 Å². The summed E-state index contributed by atoms with van der Waals surface area (Å²) in [5.41, 5.74) is 0.599. The Balaban J connectivity index is 1.83. The number of pyridine rings is 1. The van der Waals surface area contributed by atoms with E-state index < -0.39 is 5.97 Å². The Hall–Kier alpha value is -1.95. The molecule has 0 unspecified atom stereocenters. The summed E-state index contributed by atoms with van der Waals surface area (Å²) >= 11 is 0. The monoisotopic (exact) mass is 263 g/mol. The van der Waals surface area contributed by atoms with Crippen molar-refractivity contribution in [2.45, 2.75) is 6.42 Å². The second-order valence-electron chi connectivity index (χ2n) is 4.52. The Bertz CT molecular complexity index is 442. The maximum absolute atomic E-state index is 12.1. The molecule has 1 aliphatic heterocycles. The van der Waals surface area contributed by atoms with E-state index in [9.17, 15) is 9.59 Å². The standard InChI is InChI=1S/C13H17N3O3/c17-12(18)3-5-15-6-8-16(9-7-15)13(19)11-2-1-4-14-10-11/h1-2,4,10H,3,5-9H2,(H,17,18). The Morgan fingerprint density at radius 3 is 2.58 bits per heavy atom.